The lowest BCUT2D eigenvalue weighted by Crippen LogP contribution is -2.24. The van der Waals surface area contributed by atoms with Gasteiger partial charge in [0.2, 0.25) is 15.9 Å². The summed E-state index contributed by atoms with van der Waals surface area (Å²) in [6, 6.07) is 8.87. The Hall–Kier alpha value is -1.77. The number of hydrogen-bond donors (Lipinski definition) is 2. The van der Waals surface area contributed by atoms with Gasteiger partial charge < -0.3 is 5.32 Å². The summed E-state index contributed by atoms with van der Waals surface area (Å²) in [7, 11) is -2.10. The van der Waals surface area contributed by atoms with E-state index in [9.17, 15) is 17.6 Å². The fraction of sp³-hybridized carbons (Fsp3) is 0.214. The van der Waals surface area contributed by atoms with Crippen LogP contribution in [0.1, 0.15) is 10.4 Å². The fourth-order valence-electron chi connectivity index (χ4n) is 1.73. The number of sulfonamides is 1. The van der Waals surface area contributed by atoms with Crippen molar-refractivity contribution >= 4 is 27.3 Å². The maximum Gasteiger partial charge on any atom is 0.249 e. The third-order valence-corrected chi connectivity index (χ3v) is 5.90. The first-order valence-electron chi connectivity index (χ1n) is 6.44. The van der Waals surface area contributed by atoms with E-state index in [-0.39, 0.29) is 28.9 Å². The highest BCUT2D eigenvalue weighted by Crippen LogP contribution is 2.21. The molecular weight excluding hydrogens is 327 g/mol. The van der Waals surface area contributed by atoms with Crippen molar-refractivity contribution in [2.45, 2.75) is 17.2 Å². The van der Waals surface area contributed by atoms with Gasteiger partial charge in [0.25, 0.3) is 0 Å². The van der Waals surface area contributed by atoms with Crippen molar-refractivity contribution in [3.8, 4) is 0 Å². The van der Waals surface area contributed by atoms with Gasteiger partial charge in [0.1, 0.15) is 10.0 Å². The number of nitrogens with one attached hydrogen (secondary N) is 2. The second kappa shape index (κ2) is 6.99. The van der Waals surface area contributed by atoms with Crippen molar-refractivity contribution in [3.63, 3.8) is 0 Å². The lowest BCUT2D eigenvalue weighted by atomic mass is 10.1. The van der Waals surface area contributed by atoms with Crippen molar-refractivity contribution < 1.29 is 17.6 Å². The van der Waals surface area contributed by atoms with Crippen molar-refractivity contribution in [2.24, 2.45) is 0 Å². The van der Waals surface area contributed by atoms with E-state index in [0.717, 1.165) is 16.2 Å². The second-order valence-corrected chi connectivity index (χ2v) is 7.79. The molecular formula is C14H15FN2O3S2. The van der Waals surface area contributed by atoms with Crippen LogP contribution in [0.4, 0.5) is 4.39 Å². The molecule has 0 aliphatic rings. The third-order valence-electron chi connectivity index (χ3n) is 2.91. The molecule has 2 N–H and O–H groups in total. The molecule has 0 aliphatic heterocycles. The highest BCUT2D eigenvalue weighted by Gasteiger charge is 2.14. The minimum Gasteiger partial charge on any atom is -0.351 e. The van der Waals surface area contributed by atoms with Crippen LogP contribution in [0.2, 0.25) is 0 Å². The zero-order valence-electron chi connectivity index (χ0n) is 11.8. The number of carbonyl (C=O) groups is 1. The lowest BCUT2D eigenvalue weighted by Gasteiger charge is -2.04. The summed E-state index contributed by atoms with van der Waals surface area (Å²) in [4.78, 5) is 12.5. The molecule has 1 amide bonds. The number of thiophene rings is 1. The van der Waals surface area contributed by atoms with Gasteiger partial charge >= 0.3 is 0 Å². The van der Waals surface area contributed by atoms with Crippen LogP contribution in [0.3, 0.4) is 0 Å². The molecule has 0 saturated heterocycles. The average Bonchev–Trinajstić information content (AvgIpc) is 2.97. The normalized spacial score (nSPS) is 11.4. The number of halogens is 1. The fourth-order valence-corrected chi connectivity index (χ4v) is 3.87. The minimum absolute atomic E-state index is 0.146. The van der Waals surface area contributed by atoms with Gasteiger partial charge in [-0.05, 0) is 36.9 Å². The van der Waals surface area contributed by atoms with Crippen LogP contribution in [0.5, 0.6) is 0 Å². The van der Waals surface area contributed by atoms with E-state index >= 15 is 0 Å². The molecule has 0 spiro atoms. The number of amides is 1. The highest BCUT2D eigenvalue weighted by atomic mass is 32.2. The first-order chi connectivity index (χ1) is 10.4. The van der Waals surface area contributed by atoms with Gasteiger partial charge in [-0.25, -0.2) is 17.5 Å². The summed E-state index contributed by atoms with van der Waals surface area (Å²) in [6.07, 6.45) is 0.146. The summed E-state index contributed by atoms with van der Waals surface area (Å²) < 4.78 is 38.4. The Balaban J connectivity index is 1.90. The zero-order valence-corrected chi connectivity index (χ0v) is 13.4. The Morgan fingerprint density at radius 3 is 2.50 bits per heavy atom. The molecule has 0 bridgehead atoms. The van der Waals surface area contributed by atoms with Gasteiger partial charge in [0, 0.05) is 4.88 Å². The summed E-state index contributed by atoms with van der Waals surface area (Å²) in [5.74, 6) is -0.556. The number of hydrogen-bond acceptors (Lipinski definition) is 4. The molecule has 1 aromatic carbocycles. The SMILES string of the molecule is CNS(=O)(=O)c1ccc(CNC(=O)Cc2ccc(F)cc2)s1. The number of rotatable bonds is 6. The standard InChI is InChI=1S/C14H15FN2O3S2/c1-16-22(19,20)14-7-6-12(21-14)9-17-13(18)8-10-2-4-11(15)5-3-10/h2-7,16H,8-9H2,1H3,(H,17,18). The first-order valence-corrected chi connectivity index (χ1v) is 8.74. The minimum atomic E-state index is -3.45. The highest BCUT2D eigenvalue weighted by molar-refractivity contribution is 7.91. The summed E-state index contributed by atoms with van der Waals surface area (Å²) >= 11 is 1.10. The van der Waals surface area contributed by atoms with Crippen LogP contribution in [0, 0.1) is 5.82 Å². The predicted octanol–water partition coefficient (Wildman–Crippen LogP) is 1.65. The van der Waals surface area contributed by atoms with Gasteiger partial charge in [0.05, 0.1) is 13.0 Å². The quantitative estimate of drug-likeness (QED) is 0.838. The van der Waals surface area contributed by atoms with Crippen LogP contribution >= 0.6 is 11.3 Å². The van der Waals surface area contributed by atoms with Gasteiger partial charge in [-0.3, -0.25) is 4.79 Å². The molecule has 5 nitrogen and oxygen atoms in total. The van der Waals surface area contributed by atoms with Crippen molar-refractivity contribution in [3.05, 3.63) is 52.7 Å². The Bertz CT molecular complexity index is 755. The molecule has 0 fully saturated rings. The molecule has 8 heteroatoms. The molecule has 0 radical (unpaired) electrons. The van der Waals surface area contributed by atoms with E-state index in [1.807, 2.05) is 0 Å². The van der Waals surface area contributed by atoms with Crippen molar-refractivity contribution in [1.82, 2.24) is 10.0 Å². The lowest BCUT2D eigenvalue weighted by molar-refractivity contribution is -0.120. The van der Waals surface area contributed by atoms with Crippen LogP contribution in [-0.4, -0.2) is 21.4 Å². The van der Waals surface area contributed by atoms with Crippen molar-refractivity contribution in [2.75, 3.05) is 7.05 Å². The summed E-state index contributed by atoms with van der Waals surface area (Å²) in [5.41, 5.74) is 0.712. The number of carbonyl (C=O) groups excluding carboxylic acids is 1. The van der Waals surface area contributed by atoms with E-state index in [2.05, 4.69) is 10.0 Å². The molecule has 0 unspecified atom stereocenters. The molecule has 2 aromatic rings. The molecule has 2 rings (SSSR count). The van der Waals surface area contributed by atoms with Gasteiger partial charge in [-0.1, -0.05) is 12.1 Å². The van der Waals surface area contributed by atoms with Gasteiger partial charge in [0.15, 0.2) is 0 Å². The smallest absolute Gasteiger partial charge is 0.249 e. The van der Waals surface area contributed by atoms with Crippen LogP contribution in [0.15, 0.2) is 40.6 Å². The van der Waals surface area contributed by atoms with Gasteiger partial charge in [-0.2, -0.15) is 0 Å². The Morgan fingerprint density at radius 2 is 1.86 bits per heavy atom. The van der Waals surface area contributed by atoms with Crippen LogP contribution in [-0.2, 0) is 27.8 Å². The molecule has 1 heterocycles. The van der Waals surface area contributed by atoms with Gasteiger partial charge in [-0.15, -0.1) is 11.3 Å². The molecule has 0 saturated carbocycles. The van der Waals surface area contributed by atoms with E-state index in [0.29, 0.717) is 5.56 Å². The summed E-state index contributed by atoms with van der Waals surface area (Å²) in [5, 5.41) is 2.71. The first kappa shape index (κ1) is 16.6. The summed E-state index contributed by atoms with van der Waals surface area (Å²) in [6.45, 7) is 0.254. The van der Waals surface area contributed by atoms with Crippen LogP contribution < -0.4 is 10.0 Å². The maximum absolute atomic E-state index is 12.8. The Kier molecular flexibility index (Phi) is 5.28. The molecule has 1 aromatic heterocycles. The Labute approximate surface area is 132 Å². The zero-order chi connectivity index (χ0) is 16.2. The van der Waals surface area contributed by atoms with Crippen LogP contribution in [0.25, 0.3) is 0 Å². The molecule has 0 aliphatic carbocycles. The van der Waals surface area contributed by atoms with E-state index < -0.39 is 10.0 Å². The molecule has 118 valence electrons. The number of benzene rings is 1. The second-order valence-electron chi connectivity index (χ2n) is 4.51. The largest absolute Gasteiger partial charge is 0.351 e. The topological polar surface area (TPSA) is 75.3 Å². The third kappa shape index (κ3) is 4.36. The molecule has 0 atom stereocenters. The van der Waals surface area contributed by atoms with E-state index in [1.54, 1.807) is 18.2 Å². The maximum atomic E-state index is 12.8. The Morgan fingerprint density at radius 1 is 1.18 bits per heavy atom. The molecule has 22 heavy (non-hydrogen) atoms. The average molecular weight is 342 g/mol. The van der Waals surface area contributed by atoms with Crippen molar-refractivity contribution in [1.29, 1.82) is 0 Å². The predicted molar refractivity (Wildman–Crippen MR) is 82.5 cm³/mol. The van der Waals surface area contributed by atoms with E-state index in [1.165, 1.54) is 25.2 Å². The van der Waals surface area contributed by atoms with E-state index in [4.69, 9.17) is 0 Å². The monoisotopic (exact) mass is 342 g/mol.